The van der Waals surface area contributed by atoms with Gasteiger partial charge in [-0.25, -0.2) is 0 Å². The Balaban J connectivity index is 1.28. The Kier molecular flexibility index (Phi) is 5.18. The van der Waals surface area contributed by atoms with Gasteiger partial charge in [-0.3, -0.25) is 14.3 Å². The second-order valence-corrected chi connectivity index (χ2v) is 7.60. The van der Waals surface area contributed by atoms with Crippen LogP contribution < -0.4 is 10.2 Å². The van der Waals surface area contributed by atoms with Crippen LogP contribution in [0.2, 0.25) is 0 Å². The first-order valence-corrected chi connectivity index (χ1v) is 9.73. The molecule has 0 spiro atoms. The zero-order chi connectivity index (χ0) is 18.6. The summed E-state index contributed by atoms with van der Waals surface area (Å²) in [5.41, 5.74) is 1.25. The maximum Gasteiger partial charge on any atom is 0.273 e. The third-order valence-corrected chi connectivity index (χ3v) is 5.52. The lowest BCUT2D eigenvalue weighted by atomic mass is 10.1. The van der Waals surface area contributed by atoms with Gasteiger partial charge in [-0.2, -0.15) is 0 Å². The molecule has 1 aromatic carbocycles. The lowest BCUT2D eigenvalue weighted by Crippen LogP contribution is -2.31. The van der Waals surface area contributed by atoms with Crippen LogP contribution in [0.4, 0.5) is 5.69 Å². The number of carbonyl (C=O) groups is 2. The third kappa shape index (κ3) is 4.18. The lowest BCUT2D eigenvalue weighted by Gasteiger charge is -2.16. The van der Waals surface area contributed by atoms with Crippen LogP contribution >= 0.6 is 0 Å². The Morgan fingerprint density at radius 3 is 2.70 bits per heavy atom. The highest BCUT2D eigenvalue weighted by atomic mass is 16.2. The Labute approximate surface area is 158 Å². The Morgan fingerprint density at radius 2 is 1.93 bits per heavy atom. The number of hydrogen-bond donors (Lipinski definition) is 1. The summed E-state index contributed by atoms with van der Waals surface area (Å²) < 4.78 is 1.78. The summed E-state index contributed by atoms with van der Waals surface area (Å²) in [7, 11) is 0. The molecule has 1 unspecified atom stereocenters. The number of benzene rings is 1. The highest BCUT2D eigenvalue weighted by molar-refractivity contribution is 5.96. The predicted molar refractivity (Wildman–Crippen MR) is 101 cm³/mol. The first-order chi connectivity index (χ1) is 13.2. The molecule has 1 atom stereocenters. The van der Waals surface area contributed by atoms with Gasteiger partial charge >= 0.3 is 0 Å². The molecule has 4 rings (SSSR count). The van der Waals surface area contributed by atoms with Crippen molar-refractivity contribution < 1.29 is 9.59 Å². The van der Waals surface area contributed by atoms with Crippen LogP contribution in [0.15, 0.2) is 36.5 Å². The standard InChI is InChI=1S/C20H25N5O2/c26-19-10-16(13-25(19)17-8-2-1-3-9-17)11-21-20(27)18-14-24(23-22-18)12-15-6-4-5-7-15/h1-3,8-9,14-16H,4-7,10-13H2,(H,21,27). The molecule has 2 aliphatic rings. The molecule has 1 saturated carbocycles. The second kappa shape index (κ2) is 7.90. The quantitative estimate of drug-likeness (QED) is 0.849. The van der Waals surface area contributed by atoms with Crippen molar-refractivity contribution >= 4 is 17.5 Å². The number of nitrogens with one attached hydrogen (secondary N) is 1. The van der Waals surface area contributed by atoms with E-state index in [1.54, 1.807) is 15.8 Å². The van der Waals surface area contributed by atoms with Crippen LogP contribution in [0.5, 0.6) is 0 Å². The summed E-state index contributed by atoms with van der Waals surface area (Å²) >= 11 is 0. The number of carbonyl (C=O) groups excluding carboxylic acids is 2. The van der Waals surface area contributed by atoms with Crippen molar-refractivity contribution in [2.45, 2.75) is 38.6 Å². The minimum atomic E-state index is -0.224. The fourth-order valence-corrected chi connectivity index (χ4v) is 4.05. The fourth-order valence-electron chi connectivity index (χ4n) is 4.05. The summed E-state index contributed by atoms with van der Waals surface area (Å²) in [5.74, 6) is 0.632. The van der Waals surface area contributed by atoms with Gasteiger partial charge in [0.1, 0.15) is 0 Å². The van der Waals surface area contributed by atoms with E-state index >= 15 is 0 Å². The van der Waals surface area contributed by atoms with E-state index in [0.717, 1.165) is 12.2 Å². The molecule has 142 valence electrons. The normalized spacial score (nSPS) is 20.4. The van der Waals surface area contributed by atoms with Gasteiger partial charge in [-0.05, 0) is 30.9 Å². The number of amides is 2. The fraction of sp³-hybridized carbons (Fsp3) is 0.500. The smallest absolute Gasteiger partial charge is 0.273 e. The summed E-state index contributed by atoms with van der Waals surface area (Å²) in [6, 6.07) is 9.64. The van der Waals surface area contributed by atoms with Crippen molar-refractivity contribution in [1.82, 2.24) is 20.3 Å². The number of para-hydroxylation sites is 1. The maximum atomic E-state index is 12.4. The maximum absolute atomic E-state index is 12.4. The highest BCUT2D eigenvalue weighted by Crippen LogP contribution is 2.26. The average Bonchev–Trinajstić information content (AvgIpc) is 3.42. The molecule has 2 amide bonds. The van der Waals surface area contributed by atoms with Gasteiger partial charge < -0.3 is 10.2 Å². The van der Waals surface area contributed by atoms with Gasteiger partial charge in [-0.15, -0.1) is 5.10 Å². The topological polar surface area (TPSA) is 80.1 Å². The van der Waals surface area contributed by atoms with Crippen molar-refractivity contribution in [3.8, 4) is 0 Å². The van der Waals surface area contributed by atoms with E-state index in [1.807, 2.05) is 30.3 Å². The molecule has 0 bridgehead atoms. The zero-order valence-electron chi connectivity index (χ0n) is 15.4. The largest absolute Gasteiger partial charge is 0.350 e. The molecule has 2 fully saturated rings. The third-order valence-electron chi connectivity index (χ3n) is 5.52. The molecule has 7 nitrogen and oxygen atoms in total. The van der Waals surface area contributed by atoms with Crippen LogP contribution in [0, 0.1) is 11.8 Å². The van der Waals surface area contributed by atoms with E-state index in [9.17, 15) is 9.59 Å². The molecule has 27 heavy (non-hydrogen) atoms. The molecule has 1 saturated heterocycles. The van der Waals surface area contributed by atoms with Crippen molar-refractivity contribution in [3.63, 3.8) is 0 Å². The van der Waals surface area contributed by atoms with Crippen molar-refractivity contribution in [2.75, 3.05) is 18.0 Å². The van der Waals surface area contributed by atoms with Crippen LogP contribution in [0.25, 0.3) is 0 Å². The van der Waals surface area contributed by atoms with Gasteiger partial charge in [0.2, 0.25) is 5.91 Å². The molecule has 7 heteroatoms. The highest BCUT2D eigenvalue weighted by Gasteiger charge is 2.30. The number of anilines is 1. The van der Waals surface area contributed by atoms with E-state index in [1.165, 1.54) is 25.7 Å². The van der Waals surface area contributed by atoms with Gasteiger partial charge in [0.25, 0.3) is 5.91 Å². The van der Waals surface area contributed by atoms with Crippen LogP contribution in [0.1, 0.15) is 42.6 Å². The summed E-state index contributed by atoms with van der Waals surface area (Å²) in [5, 5.41) is 11.0. The van der Waals surface area contributed by atoms with Crippen molar-refractivity contribution in [1.29, 1.82) is 0 Å². The minimum Gasteiger partial charge on any atom is -0.350 e. The van der Waals surface area contributed by atoms with Crippen molar-refractivity contribution in [2.24, 2.45) is 11.8 Å². The van der Waals surface area contributed by atoms with E-state index < -0.39 is 0 Å². The van der Waals surface area contributed by atoms with Gasteiger partial charge in [0.05, 0.1) is 6.20 Å². The molecule has 1 N–H and O–H groups in total. The molecule has 2 heterocycles. The number of rotatable bonds is 6. The monoisotopic (exact) mass is 367 g/mol. The SMILES string of the molecule is O=C(NCC1CC(=O)N(c2ccccc2)C1)c1cn(CC2CCCC2)nn1. The molecule has 0 radical (unpaired) electrons. The second-order valence-electron chi connectivity index (χ2n) is 7.60. The van der Waals surface area contributed by atoms with Gasteiger partial charge in [0.15, 0.2) is 5.69 Å². The summed E-state index contributed by atoms with van der Waals surface area (Å²) in [4.78, 5) is 26.4. The number of hydrogen-bond acceptors (Lipinski definition) is 4. The van der Waals surface area contributed by atoms with Crippen LogP contribution in [-0.4, -0.2) is 39.9 Å². The Bertz CT molecular complexity index is 798. The summed E-state index contributed by atoms with van der Waals surface area (Å²) in [6.45, 7) is 1.92. The lowest BCUT2D eigenvalue weighted by molar-refractivity contribution is -0.117. The number of nitrogens with zero attached hydrogens (tertiary/aromatic N) is 4. The van der Waals surface area contributed by atoms with E-state index in [4.69, 9.17) is 0 Å². The molecule has 2 aromatic rings. The predicted octanol–water partition coefficient (Wildman–Crippen LogP) is 2.25. The molecule has 1 aromatic heterocycles. The molecular weight excluding hydrogens is 342 g/mol. The van der Waals surface area contributed by atoms with Crippen molar-refractivity contribution in [3.05, 3.63) is 42.2 Å². The summed E-state index contributed by atoms with van der Waals surface area (Å²) in [6.07, 6.45) is 7.21. The first-order valence-electron chi connectivity index (χ1n) is 9.73. The molecular formula is C20H25N5O2. The minimum absolute atomic E-state index is 0.1000. The molecule has 1 aliphatic heterocycles. The average molecular weight is 367 g/mol. The van der Waals surface area contributed by atoms with Crippen LogP contribution in [0.3, 0.4) is 0 Å². The zero-order valence-corrected chi connectivity index (χ0v) is 15.4. The van der Waals surface area contributed by atoms with Gasteiger partial charge in [-0.1, -0.05) is 36.3 Å². The van der Waals surface area contributed by atoms with E-state index in [0.29, 0.717) is 31.1 Å². The van der Waals surface area contributed by atoms with Crippen LogP contribution in [-0.2, 0) is 11.3 Å². The Hall–Kier alpha value is -2.70. The first kappa shape index (κ1) is 17.7. The van der Waals surface area contributed by atoms with E-state index in [-0.39, 0.29) is 17.7 Å². The van der Waals surface area contributed by atoms with Gasteiger partial charge in [0, 0.05) is 37.7 Å². The Morgan fingerprint density at radius 1 is 1.15 bits per heavy atom. The van der Waals surface area contributed by atoms with E-state index in [2.05, 4.69) is 15.6 Å². The number of aromatic nitrogens is 3. The molecule has 1 aliphatic carbocycles.